The van der Waals surface area contributed by atoms with E-state index in [2.05, 4.69) is 45.8 Å². The molecule has 1 atom stereocenters. The van der Waals surface area contributed by atoms with Crippen LogP contribution < -0.4 is 19.7 Å². The van der Waals surface area contributed by atoms with Crippen molar-refractivity contribution in [2.45, 2.75) is 82.3 Å². The quantitative estimate of drug-likeness (QED) is 0.454. The first-order valence-corrected chi connectivity index (χ1v) is 15.8. The van der Waals surface area contributed by atoms with E-state index in [1.165, 1.54) is 18.9 Å². The summed E-state index contributed by atoms with van der Waals surface area (Å²) in [5.41, 5.74) is 0.290. The van der Waals surface area contributed by atoms with Crippen LogP contribution >= 0.6 is 0 Å². The molecule has 5 heterocycles. The lowest BCUT2D eigenvalue weighted by Crippen LogP contribution is -2.45. The molecule has 2 fully saturated rings. The van der Waals surface area contributed by atoms with E-state index in [0.29, 0.717) is 41.9 Å². The van der Waals surface area contributed by atoms with Gasteiger partial charge in [-0.15, -0.1) is 5.10 Å². The molecule has 2 bridgehead atoms. The second-order valence-corrected chi connectivity index (χ2v) is 13.9. The molecule has 3 aromatic heterocycles. The van der Waals surface area contributed by atoms with Crippen LogP contribution in [-0.4, -0.2) is 58.8 Å². The van der Waals surface area contributed by atoms with Crippen LogP contribution in [0.1, 0.15) is 76.1 Å². The van der Waals surface area contributed by atoms with E-state index in [1.807, 2.05) is 0 Å². The third-order valence-corrected chi connectivity index (χ3v) is 9.78. The van der Waals surface area contributed by atoms with Crippen LogP contribution in [-0.2, 0) is 10.0 Å². The van der Waals surface area contributed by atoms with Crippen LogP contribution in [0.25, 0.3) is 5.82 Å². The molecule has 12 heteroatoms. The lowest BCUT2D eigenvalue weighted by molar-refractivity contribution is 0.0981. The van der Waals surface area contributed by atoms with Gasteiger partial charge in [0.05, 0.1) is 12.2 Å². The second kappa shape index (κ2) is 10.3. The van der Waals surface area contributed by atoms with E-state index in [0.717, 1.165) is 32.1 Å². The third kappa shape index (κ3) is 5.74. The van der Waals surface area contributed by atoms with E-state index in [1.54, 1.807) is 41.2 Å². The number of nitrogens with zero attached hydrogens (tertiary/aromatic N) is 5. The smallest absolute Gasteiger partial charge is 0.281 e. The Morgan fingerprint density at radius 1 is 1.05 bits per heavy atom. The summed E-state index contributed by atoms with van der Waals surface area (Å²) in [6, 6.07) is 9.93. The van der Waals surface area contributed by atoms with Gasteiger partial charge in [0, 0.05) is 30.4 Å². The highest BCUT2D eigenvalue weighted by Gasteiger charge is 2.42. The van der Waals surface area contributed by atoms with Crippen molar-refractivity contribution in [2.75, 3.05) is 23.4 Å². The lowest BCUT2D eigenvalue weighted by atomic mass is 10.0. The SMILES string of the molecule is CC1(CCOc2ccn(-c3ccc4c(n3)N3[C@H](CCCNc5cccc(n5)S(=O)(=O)NC4=O)CCC3(C)C)n2)CC1. The van der Waals surface area contributed by atoms with E-state index in [9.17, 15) is 13.2 Å². The van der Waals surface area contributed by atoms with Crippen molar-refractivity contribution < 1.29 is 17.9 Å². The topological polar surface area (TPSA) is 131 Å². The summed E-state index contributed by atoms with van der Waals surface area (Å²) in [6.07, 6.45) is 8.83. The number of amides is 1. The fourth-order valence-corrected chi connectivity index (χ4v) is 6.68. The number of anilines is 2. The largest absolute Gasteiger partial charge is 0.477 e. The molecule has 11 nitrogen and oxygen atoms in total. The van der Waals surface area contributed by atoms with Gasteiger partial charge in [-0.3, -0.25) is 4.79 Å². The van der Waals surface area contributed by atoms with Gasteiger partial charge in [0.15, 0.2) is 10.8 Å². The molecule has 0 spiro atoms. The average molecular weight is 580 g/mol. The van der Waals surface area contributed by atoms with Gasteiger partial charge in [0.2, 0.25) is 5.88 Å². The molecule has 0 aromatic carbocycles. The maximum atomic E-state index is 13.6. The molecule has 3 aliphatic rings. The van der Waals surface area contributed by atoms with Crippen LogP contribution in [0, 0.1) is 5.41 Å². The number of ether oxygens (including phenoxy) is 1. The predicted molar refractivity (Wildman–Crippen MR) is 155 cm³/mol. The Hall–Kier alpha value is -3.67. The molecule has 1 amide bonds. The number of hydrogen-bond acceptors (Lipinski definition) is 9. The van der Waals surface area contributed by atoms with Crippen molar-refractivity contribution in [3.8, 4) is 11.7 Å². The second-order valence-electron chi connectivity index (χ2n) is 12.3. The molecule has 6 rings (SSSR count). The molecule has 1 saturated heterocycles. The number of carbonyl (C=O) groups excluding carboxylic acids is 1. The highest BCUT2D eigenvalue weighted by molar-refractivity contribution is 7.90. The zero-order chi connectivity index (χ0) is 28.8. The number of fused-ring (bicyclic) bond motifs is 5. The van der Waals surface area contributed by atoms with Gasteiger partial charge >= 0.3 is 0 Å². The highest BCUT2D eigenvalue weighted by Crippen LogP contribution is 2.48. The number of carbonyl (C=O) groups is 1. The van der Waals surface area contributed by atoms with E-state index < -0.39 is 15.9 Å². The van der Waals surface area contributed by atoms with Crippen LogP contribution in [0.15, 0.2) is 47.6 Å². The Morgan fingerprint density at radius 3 is 2.68 bits per heavy atom. The van der Waals surface area contributed by atoms with Crippen LogP contribution in [0.2, 0.25) is 0 Å². The summed E-state index contributed by atoms with van der Waals surface area (Å²) in [5, 5.41) is 7.57. The summed E-state index contributed by atoms with van der Waals surface area (Å²) in [7, 11) is -4.22. The minimum Gasteiger partial charge on any atom is -0.477 e. The number of pyridine rings is 2. The fraction of sp³-hybridized carbons (Fsp3) is 0.517. The molecule has 1 aliphatic carbocycles. The monoisotopic (exact) mass is 579 g/mol. The number of hydrogen-bond donors (Lipinski definition) is 2. The molecular weight excluding hydrogens is 542 g/mol. The Kier molecular flexibility index (Phi) is 6.91. The summed E-state index contributed by atoms with van der Waals surface area (Å²) in [4.78, 5) is 25.0. The van der Waals surface area contributed by atoms with Crippen LogP contribution in [0.5, 0.6) is 5.88 Å². The molecule has 2 aliphatic heterocycles. The minimum absolute atomic E-state index is 0.125. The van der Waals surface area contributed by atoms with Crippen molar-refractivity contribution in [1.29, 1.82) is 0 Å². The molecule has 0 unspecified atom stereocenters. The van der Waals surface area contributed by atoms with Crippen LogP contribution in [0.4, 0.5) is 11.6 Å². The van der Waals surface area contributed by atoms with Gasteiger partial charge in [0.1, 0.15) is 11.6 Å². The fourth-order valence-electron chi connectivity index (χ4n) is 5.75. The van der Waals surface area contributed by atoms with Gasteiger partial charge in [-0.05, 0) is 88.5 Å². The van der Waals surface area contributed by atoms with Crippen molar-refractivity contribution in [3.63, 3.8) is 0 Å². The molecular formula is C29H37N7O4S. The van der Waals surface area contributed by atoms with Gasteiger partial charge in [-0.1, -0.05) is 13.0 Å². The first-order chi connectivity index (χ1) is 19.5. The molecule has 2 N–H and O–H groups in total. The van der Waals surface area contributed by atoms with Gasteiger partial charge in [0.25, 0.3) is 15.9 Å². The number of rotatable bonds is 5. The maximum absolute atomic E-state index is 13.6. The van der Waals surface area contributed by atoms with E-state index in [-0.39, 0.29) is 22.2 Å². The zero-order valence-electron chi connectivity index (χ0n) is 23.8. The third-order valence-electron chi connectivity index (χ3n) is 8.54. The number of sulfonamides is 1. The summed E-state index contributed by atoms with van der Waals surface area (Å²) in [6.45, 7) is 7.79. The first-order valence-electron chi connectivity index (χ1n) is 14.3. The van der Waals surface area contributed by atoms with Gasteiger partial charge < -0.3 is 15.0 Å². The minimum atomic E-state index is -4.22. The first kappa shape index (κ1) is 27.5. The van der Waals surface area contributed by atoms with Crippen molar-refractivity contribution in [3.05, 3.63) is 48.2 Å². The molecule has 1 saturated carbocycles. The number of nitrogens with one attached hydrogen (secondary N) is 2. The Bertz CT molecular complexity index is 1560. The number of aromatic nitrogens is 4. The van der Waals surface area contributed by atoms with Crippen molar-refractivity contribution in [1.82, 2.24) is 24.5 Å². The average Bonchev–Trinajstić information content (AvgIpc) is 3.34. The summed E-state index contributed by atoms with van der Waals surface area (Å²) < 4.78 is 36.1. The molecule has 3 aromatic rings. The molecule has 218 valence electrons. The summed E-state index contributed by atoms with van der Waals surface area (Å²) >= 11 is 0. The standard InChI is InChI=1S/C29H37N7O4S/c1-28(2)13-11-20-6-5-17-30-22-7-4-8-25(31-22)41(38,39)34-27(37)21-9-10-23(32-26(21)36(20)28)35-18-12-24(33-35)40-19-16-29(3)14-15-29/h4,7-10,12,18,20H,5-6,11,13-17,19H2,1-3H3,(H,30,31)(H,34,37)/t20-/m1/s1. The summed E-state index contributed by atoms with van der Waals surface area (Å²) in [5.74, 6) is 1.17. The van der Waals surface area contributed by atoms with E-state index >= 15 is 0 Å². The zero-order valence-corrected chi connectivity index (χ0v) is 24.6. The van der Waals surface area contributed by atoms with E-state index in [4.69, 9.17) is 9.72 Å². The van der Waals surface area contributed by atoms with Gasteiger partial charge in [-0.2, -0.15) is 8.42 Å². The van der Waals surface area contributed by atoms with Crippen molar-refractivity contribution >= 4 is 27.6 Å². The lowest BCUT2D eigenvalue weighted by Gasteiger charge is -2.38. The Balaban J connectivity index is 1.36. The predicted octanol–water partition coefficient (Wildman–Crippen LogP) is 4.30. The normalized spacial score (nSPS) is 22.5. The van der Waals surface area contributed by atoms with Gasteiger partial charge in [-0.25, -0.2) is 19.4 Å². The Morgan fingerprint density at radius 2 is 1.88 bits per heavy atom. The maximum Gasteiger partial charge on any atom is 0.281 e. The molecule has 0 radical (unpaired) electrons. The molecule has 41 heavy (non-hydrogen) atoms. The Labute approximate surface area is 240 Å². The van der Waals surface area contributed by atoms with Crippen LogP contribution in [0.3, 0.4) is 0 Å². The van der Waals surface area contributed by atoms with Crippen molar-refractivity contribution in [2.24, 2.45) is 5.41 Å². The highest BCUT2D eigenvalue weighted by atomic mass is 32.2.